The highest BCUT2D eigenvalue weighted by Gasteiger charge is 2.43. The van der Waals surface area contributed by atoms with Gasteiger partial charge in [-0.05, 0) is 12.8 Å². The molecule has 7 nitrogen and oxygen atoms in total. The monoisotopic (exact) mass is 272 g/mol. The van der Waals surface area contributed by atoms with E-state index < -0.39 is 17.6 Å². The summed E-state index contributed by atoms with van der Waals surface area (Å²) in [5.41, 5.74) is 4.26. The summed E-state index contributed by atoms with van der Waals surface area (Å²) in [5, 5.41) is 12.0. The Morgan fingerprint density at radius 1 is 1.32 bits per heavy atom. The fourth-order valence-corrected chi connectivity index (χ4v) is 2.50. The number of rotatable bonds is 4. The van der Waals surface area contributed by atoms with Crippen LogP contribution in [0.1, 0.15) is 25.7 Å². The summed E-state index contributed by atoms with van der Waals surface area (Å²) in [7, 11) is 0. The van der Waals surface area contributed by atoms with Crippen LogP contribution in [0.25, 0.3) is 0 Å². The molecular weight excluding hydrogens is 252 g/mol. The lowest BCUT2D eigenvalue weighted by atomic mass is 9.89. The summed E-state index contributed by atoms with van der Waals surface area (Å²) in [6, 6.07) is 0. The van der Waals surface area contributed by atoms with E-state index in [0.717, 1.165) is 6.42 Å². The molecule has 0 aromatic carbocycles. The maximum absolute atomic E-state index is 12.1. The van der Waals surface area contributed by atoms with E-state index in [4.69, 9.17) is 15.2 Å². The Hall–Kier alpha value is -1.18. The molecule has 0 radical (unpaired) electrons. The van der Waals surface area contributed by atoms with E-state index in [9.17, 15) is 14.7 Å². The minimum Gasteiger partial charge on any atom is -0.480 e. The molecule has 108 valence electrons. The predicted octanol–water partition coefficient (Wildman–Crippen LogP) is -0.757. The van der Waals surface area contributed by atoms with Crippen LogP contribution in [-0.2, 0) is 19.1 Å². The highest BCUT2D eigenvalue weighted by atomic mass is 16.5. The highest BCUT2D eigenvalue weighted by molar-refractivity contribution is 5.89. The Morgan fingerprint density at radius 2 is 2.00 bits per heavy atom. The molecule has 2 aliphatic rings. The van der Waals surface area contributed by atoms with Crippen LogP contribution < -0.4 is 11.1 Å². The van der Waals surface area contributed by atoms with E-state index in [1.165, 1.54) is 0 Å². The van der Waals surface area contributed by atoms with E-state index in [-0.39, 0.29) is 24.9 Å². The lowest BCUT2D eigenvalue weighted by Crippen LogP contribution is -2.59. The quantitative estimate of drug-likeness (QED) is 0.620. The van der Waals surface area contributed by atoms with Gasteiger partial charge in [-0.2, -0.15) is 0 Å². The number of hydrogen-bond donors (Lipinski definition) is 3. The van der Waals surface area contributed by atoms with Crippen LogP contribution in [0.15, 0.2) is 0 Å². The molecule has 2 heterocycles. The number of carbonyl (C=O) groups excluding carboxylic acids is 1. The molecule has 2 fully saturated rings. The van der Waals surface area contributed by atoms with Crippen molar-refractivity contribution in [1.82, 2.24) is 5.32 Å². The minimum atomic E-state index is -1.22. The molecule has 19 heavy (non-hydrogen) atoms. The summed E-state index contributed by atoms with van der Waals surface area (Å²) < 4.78 is 10.6. The van der Waals surface area contributed by atoms with Crippen LogP contribution in [0.2, 0.25) is 0 Å². The normalized spacial score (nSPS) is 29.9. The fourth-order valence-electron chi connectivity index (χ4n) is 2.50. The molecule has 7 heteroatoms. The molecule has 0 bridgehead atoms. The van der Waals surface area contributed by atoms with Crippen molar-refractivity contribution in [2.45, 2.75) is 43.4 Å². The van der Waals surface area contributed by atoms with Gasteiger partial charge >= 0.3 is 5.97 Å². The second-order valence-electron chi connectivity index (χ2n) is 5.05. The van der Waals surface area contributed by atoms with Crippen LogP contribution in [0.5, 0.6) is 0 Å². The fraction of sp³-hybridized carbons (Fsp3) is 0.833. The van der Waals surface area contributed by atoms with Gasteiger partial charge in [-0.25, -0.2) is 4.79 Å². The lowest BCUT2D eigenvalue weighted by molar-refractivity contribution is -0.154. The zero-order valence-electron chi connectivity index (χ0n) is 10.8. The van der Waals surface area contributed by atoms with Gasteiger partial charge in [0.05, 0.1) is 6.10 Å². The van der Waals surface area contributed by atoms with Crippen molar-refractivity contribution in [3.63, 3.8) is 0 Å². The number of hydrogen-bond acceptors (Lipinski definition) is 5. The Kier molecular flexibility index (Phi) is 4.38. The van der Waals surface area contributed by atoms with Gasteiger partial charge in [-0.1, -0.05) is 0 Å². The third-order valence-electron chi connectivity index (χ3n) is 3.78. The first-order valence-corrected chi connectivity index (χ1v) is 6.56. The van der Waals surface area contributed by atoms with Crippen LogP contribution in [-0.4, -0.2) is 54.5 Å². The van der Waals surface area contributed by atoms with Crippen molar-refractivity contribution < 1.29 is 24.2 Å². The van der Waals surface area contributed by atoms with Crippen LogP contribution in [0.3, 0.4) is 0 Å². The number of carboxylic acids is 1. The van der Waals surface area contributed by atoms with Crippen LogP contribution >= 0.6 is 0 Å². The number of nitrogens with one attached hydrogen (secondary N) is 1. The molecule has 2 unspecified atom stereocenters. The maximum atomic E-state index is 12.1. The van der Waals surface area contributed by atoms with Gasteiger partial charge in [0, 0.05) is 32.6 Å². The average molecular weight is 272 g/mol. The van der Waals surface area contributed by atoms with Crippen LogP contribution in [0.4, 0.5) is 0 Å². The Balaban J connectivity index is 1.98. The number of nitrogens with two attached hydrogens (primary N) is 1. The van der Waals surface area contributed by atoms with Gasteiger partial charge in [-0.15, -0.1) is 0 Å². The maximum Gasteiger partial charge on any atom is 0.329 e. The number of carbonyl (C=O) groups is 2. The van der Waals surface area contributed by atoms with Crippen molar-refractivity contribution in [2.75, 3.05) is 19.8 Å². The molecule has 2 atom stereocenters. The Bertz CT molecular complexity index is 354. The average Bonchev–Trinajstić information content (AvgIpc) is 2.88. The molecule has 2 rings (SSSR count). The molecule has 0 saturated carbocycles. The van der Waals surface area contributed by atoms with Gasteiger partial charge in [0.1, 0.15) is 11.6 Å². The molecular formula is C12H20N2O5. The van der Waals surface area contributed by atoms with E-state index in [1.807, 2.05) is 0 Å². The second-order valence-corrected chi connectivity index (χ2v) is 5.05. The highest BCUT2D eigenvalue weighted by Crippen LogP contribution is 2.24. The topological polar surface area (TPSA) is 111 Å². The van der Waals surface area contributed by atoms with Gasteiger partial charge in [0.15, 0.2) is 0 Å². The summed E-state index contributed by atoms with van der Waals surface area (Å²) in [6.45, 7) is 1.05. The summed E-state index contributed by atoms with van der Waals surface area (Å²) in [6.07, 6.45) is 1.18. The molecule has 0 aromatic heterocycles. The Labute approximate surface area is 111 Å². The zero-order chi connectivity index (χ0) is 13.9. The molecule has 0 aliphatic carbocycles. The summed E-state index contributed by atoms with van der Waals surface area (Å²) in [5.74, 6) is -1.38. The number of aliphatic carboxylic acids is 1. The molecule has 1 amide bonds. The lowest BCUT2D eigenvalue weighted by Gasteiger charge is -2.34. The van der Waals surface area contributed by atoms with Crippen molar-refractivity contribution >= 4 is 11.9 Å². The van der Waals surface area contributed by atoms with Gasteiger partial charge < -0.3 is 25.6 Å². The first-order valence-electron chi connectivity index (χ1n) is 6.56. The van der Waals surface area contributed by atoms with Gasteiger partial charge in [0.25, 0.3) is 0 Å². The van der Waals surface area contributed by atoms with E-state index in [0.29, 0.717) is 26.2 Å². The summed E-state index contributed by atoms with van der Waals surface area (Å²) >= 11 is 0. The standard InChI is InChI=1S/C12H20N2O5/c13-7-8-1-2-9(19-8)10(15)14-12(11(16)17)3-5-18-6-4-12/h8-9H,1-7,13H2,(H,14,15)(H,16,17). The molecule has 0 spiro atoms. The molecule has 4 N–H and O–H groups in total. The summed E-state index contributed by atoms with van der Waals surface area (Å²) in [4.78, 5) is 23.5. The minimum absolute atomic E-state index is 0.105. The van der Waals surface area contributed by atoms with Crippen molar-refractivity contribution in [2.24, 2.45) is 5.73 Å². The van der Waals surface area contributed by atoms with Crippen molar-refractivity contribution in [1.29, 1.82) is 0 Å². The molecule has 2 aliphatic heterocycles. The third kappa shape index (κ3) is 3.05. The largest absolute Gasteiger partial charge is 0.480 e. The van der Waals surface area contributed by atoms with Crippen LogP contribution in [0, 0.1) is 0 Å². The number of ether oxygens (including phenoxy) is 2. The molecule has 0 aromatic rings. The predicted molar refractivity (Wildman–Crippen MR) is 65.5 cm³/mol. The number of amides is 1. The van der Waals surface area contributed by atoms with Crippen molar-refractivity contribution in [3.8, 4) is 0 Å². The van der Waals surface area contributed by atoms with E-state index in [1.54, 1.807) is 0 Å². The van der Waals surface area contributed by atoms with E-state index in [2.05, 4.69) is 5.32 Å². The van der Waals surface area contributed by atoms with Crippen molar-refractivity contribution in [3.05, 3.63) is 0 Å². The number of carboxylic acid groups (broad SMARTS) is 1. The van der Waals surface area contributed by atoms with Gasteiger partial charge in [0.2, 0.25) is 5.91 Å². The SMILES string of the molecule is NCC1CCC(C(=O)NC2(C(=O)O)CCOCC2)O1. The first kappa shape index (κ1) is 14.2. The zero-order valence-corrected chi connectivity index (χ0v) is 10.8. The third-order valence-corrected chi connectivity index (χ3v) is 3.78. The first-order chi connectivity index (χ1) is 9.07. The van der Waals surface area contributed by atoms with E-state index >= 15 is 0 Å². The van der Waals surface area contributed by atoms with Gasteiger partial charge in [-0.3, -0.25) is 4.79 Å². The smallest absolute Gasteiger partial charge is 0.329 e. The Morgan fingerprint density at radius 3 is 2.53 bits per heavy atom. The molecule has 2 saturated heterocycles. The second kappa shape index (κ2) is 5.85.